The first-order valence-corrected chi connectivity index (χ1v) is 9.25. The van der Waals surface area contributed by atoms with Crippen LogP contribution in [0, 0.1) is 0 Å². The number of hydrogen-bond acceptors (Lipinski definition) is 6. The van der Waals surface area contributed by atoms with Crippen molar-refractivity contribution >= 4 is 11.6 Å². The van der Waals surface area contributed by atoms with Crippen molar-refractivity contribution in [1.82, 2.24) is 5.16 Å². The van der Waals surface area contributed by atoms with E-state index in [0.29, 0.717) is 41.5 Å². The van der Waals surface area contributed by atoms with Crippen LogP contribution in [0.2, 0.25) is 0 Å². The molecule has 1 aliphatic carbocycles. The second-order valence-corrected chi connectivity index (χ2v) is 6.91. The van der Waals surface area contributed by atoms with Crippen LogP contribution in [0.3, 0.4) is 0 Å². The predicted octanol–water partition coefficient (Wildman–Crippen LogP) is 4.04. The molecule has 1 N–H and O–H groups in total. The summed E-state index contributed by atoms with van der Waals surface area (Å²) < 4.78 is 21.4. The van der Waals surface area contributed by atoms with Gasteiger partial charge in [0.25, 0.3) is 0 Å². The second kappa shape index (κ2) is 7.50. The lowest BCUT2D eigenvalue weighted by Crippen LogP contribution is -2.28. The van der Waals surface area contributed by atoms with Crippen molar-refractivity contribution in [2.75, 3.05) is 26.6 Å². The number of ether oxygens (including phenoxy) is 3. The van der Waals surface area contributed by atoms with Crippen LogP contribution in [0.5, 0.6) is 17.2 Å². The minimum absolute atomic E-state index is 0.144. The molecular weight excluding hydrogens is 372 g/mol. The van der Waals surface area contributed by atoms with Crippen molar-refractivity contribution in [2.45, 2.75) is 18.3 Å². The molecule has 0 radical (unpaired) electrons. The van der Waals surface area contributed by atoms with E-state index in [9.17, 15) is 4.79 Å². The number of aromatic nitrogens is 1. The Bertz CT molecular complexity index is 1040. The van der Waals surface area contributed by atoms with Crippen molar-refractivity contribution in [3.05, 3.63) is 54.2 Å². The Kier molecular flexibility index (Phi) is 4.88. The first-order valence-electron chi connectivity index (χ1n) is 9.25. The van der Waals surface area contributed by atoms with Gasteiger partial charge in [-0.15, -0.1) is 0 Å². The Morgan fingerprint density at radius 3 is 2.45 bits per heavy atom. The quantitative estimate of drug-likeness (QED) is 0.651. The monoisotopic (exact) mass is 394 g/mol. The first kappa shape index (κ1) is 18.9. The summed E-state index contributed by atoms with van der Waals surface area (Å²) in [5.74, 6) is 2.37. The number of carbonyl (C=O) groups excluding carboxylic acids is 1. The lowest BCUT2D eigenvalue weighted by molar-refractivity contribution is -0.118. The standard InChI is InChI=1S/C22H22N2O5/c1-26-15-6-4-5-14(11-15)19-13-20(24-29-19)22(9-10-22)21(25)23-17-12-16(27-2)7-8-18(17)28-3/h4-8,11-13H,9-10H2,1-3H3,(H,23,25). The summed E-state index contributed by atoms with van der Waals surface area (Å²) in [7, 11) is 4.75. The van der Waals surface area contributed by atoms with E-state index in [1.54, 1.807) is 39.5 Å². The zero-order valence-electron chi connectivity index (χ0n) is 16.5. The maximum atomic E-state index is 13.1. The van der Waals surface area contributed by atoms with Gasteiger partial charge < -0.3 is 24.1 Å². The average Bonchev–Trinajstić information content (AvgIpc) is 3.43. The molecule has 0 bridgehead atoms. The third-order valence-electron chi connectivity index (χ3n) is 5.19. The minimum Gasteiger partial charge on any atom is -0.497 e. The topological polar surface area (TPSA) is 82.8 Å². The van der Waals surface area contributed by atoms with Gasteiger partial charge in [-0.2, -0.15) is 0 Å². The normalized spacial score (nSPS) is 14.2. The van der Waals surface area contributed by atoms with Gasteiger partial charge in [0.15, 0.2) is 5.76 Å². The average molecular weight is 394 g/mol. The van der Waals surface area contributed by atoms with Gasteiger partial charge >= 0.3 is 0 Å². The molecule has 1 aromatic heterocycles. The Hall–Kier alpha value is -3.48. The number of benzene rings is 2. The zero-order chi connectivity index (χ0) is 20.4. The van der Waals surface area contributed by atoms with Crippen LogP contribution in [0.15, 0.2) is 53.1 Å². The molecule has 1 saturated carbocycles. The van der Waals surface area contributed by atoms with Crippen LogP contribution in [0.25, 0.3) is 11.3 Å². The molecule has 1 amide bonds. The summed E-state index contributed by atoms with van der Waals surface area (Å²) >= 11 is 0. The Morgan fingerprint density at radius 1 is 1.00 bits per heavy atom. The van der Waals surface area contributed by atoms with Crippen molar-refractivity contribution in [2.24, 2.45) is 0 Å². The van der Waals surface area contributed by atoms with E-state index in [1.807, 2.05) is 30.3 Å². The highest BCUT2D eigenvalue weighted by atomic mass is 16.5. The van der Waals surface area contributed by atoms with Crippen LogP contribution in [-0.4, -0.2) is 32.4 Å². The smallest absolute Gasteiger partial charge is 0.236 e. The second-order valence-electron chi connectivity index (χ2n) is 6.91. The number of rotatable bonds is 7. The predicted molar refractivity (Wildman–Crippen MR) is 108 cm³/mol. The van der Waals surface area contributed by atoms with Crippen LogP contribution in [-0.2, 0) is 10.2 Å². The van der Waals surface area contributed by atoms with E-state index in [4.69, 9.17) is 18.7 Å². The fraction of sp³-hybridized carbons (Fsp3) is 0.273. The lowest BCUT2D eigenvalue weighted by Gasteiger charge is -2.15. The number of hydrogen-bond donors (Lipinski definition) is 1. The summed E-state index contributed by atoms with van der Waals surface area (Å²) in [6.07, 6.45) is 1.41. The molecule has 0 saturated heterocycles. The molecule has 0 spiro atoms. The summed E-state index contributed by atoms with van der Waals surface area (Å²) in [6, 6.07) is 14.6. The third kappa shape index (κ3) is 3.51. The lowest BCUT2D eigenvalue weighted by atomic mass is 10.00. The SMILES string of the molecule is COc1cccc(-c2cc(C3(C(=O)Nc4cc(OC)ccc4OC)CC3)no2)c1. The number of amides is 1. The van der Waals surface area contributed by atoms with Crippen LogP contribution in [0.4, 0.5) is 5.69 Å². The Labute approximate surface area is 168 Å². The number of nitrogens with zero attached hydrogens (tertiary/aromatic N) is 1. The van der Waals surface area contributed by atoms with Crippen molar-refractivity contribution in [3.8, 4) is 28.6 Å². The number of nitrogens with one attached hydrogen (secondary N) is 1. The largest absolute Gasteiger partial charge is 0.497 e. The molecule has 29 heavy (non-hydrogen) atoms. The highest BCUT2D eigenvalue weighted by Gasteiger charge is 2.54. The van der Waals surface area contributed by atoms with E-state index in [2.05, 4.69) is 10.5 Å². The Balaban J connectivity index is 1.58. The Morgan fingerprint density at radius 2 is 1.76 bits per heavy atom. The summed E-state index contributed by atoms with van der Waals surface area (Å²) in [5, 5.41) is 7.15. The van der Waals surface area contributed by atoms with Gasteiger partial charge in [-0.25, -0.2) is 0 Å². The van der Waals surface area contributed by atoms with Crippen molar-refractivity contribution in [3.63, 3.8) is 0 Å². The highest BCUT2D eigenvalue weighted by Crippen LogP contribution is 2.49. The van der Waals surface area contributed by atoms with Gasteiger partial charge in [-0.1, -0.05) is 17.3 Å². The van der Waals surface area contributed by atoms with E-state index in [1.165, 1.54) is 0 Å². The number of methoxy groups -OCH3 is 3. The van der Waals surface area contributed by atoms with E-state index in [-0.39, 0.29) is 5.91 Å². The maximum absolute atomic E-state index is 13.1. The van der Waals surface area contributed by atoms with Gasteiger partial charge in [0.2, 0.25) is 5.91 Å². The fourth-order valence-electron chi connectivity index (χ4n) is 3.29. The van der Waals surface area contributed by atoms with E-state index < -0.39 is 5.41 Å². The molecule has 1 aliphatic rings. The van der Waals surface area contributed by atoms with Gasteiger partial charge in [0.1, 0.15) is 17.2 Å². The van der Waals surface area contributed by atoms with Crippen molar-refractivity contribution < 1.29 is 23.5 Å². The molecule has 1 fully saturated rings. The summed E-state index contributed by atoms with van der Waals surface area (Å²) in [5.41, 5.74) is 1.32. The molecule has 4 rings (SSSR count). The molecule has 150 valence electrons. The molecule has 1 heterocycles. The van der Waals surface area contributed by atoms with Crippen molar-refractivity contribution in [1.29, 1.82) is 0 Å². The van der Waals surface area contributed by atoms with Gasteiger partial charge in [0, 0.05) is 17.7 Å². The van der Waals surface area contributed by atoms with Crippen LogP contribution < -0.4 is 19.5 Å². The third-order valence-corrected chi connectivity index (χ3v) is 5.19. The number of carbonyl (C=O) groups is 1. The van der Waals surface area contributed by atoms with E-state index >= 15 is 0 Å². The van der Waals surface area contributed by atoms with Crippen LogP contribution in [0.1, 0.15) is 18.5 Å². The zero-order valence-corrected chi connectivity index (χ0v) is 16.5. The molecule has 0 aliphatic heterocycles. The maximum Gasteiger partial charge on any atom is 0.236 e. The van der Waals surface area contributed by atoms with E-state index in [0.717, 1.165) is 11.3 Å². The molecule has 0 atom stereocenters. The molecular formula is C22H22N2O5. The van der Waals surface area contributed by atoms with Gasteiger partial charge in [-0.05, 0) is 37.1 Å². The minimum atomic E-state index is -0.700. The summed E-state index contributed by atoms with van der Waals surface area (Å²) in [4.78, 5) is 13.1. The van der Waals surface area contributed by atoms with Gasteiger partial charge in [0.05, 0.1) is 38.1 Å². The first-order chi connectivity index (χ1) is 14.1. The fourth-order valence-corrected chi connectivity index (χ4v) is 3.29. The molecule has 7 heteroatoms. The highest BCUT2D eigenvalue weighted by molar-refractivity contribution is 6.02. The molecule has 0 unspecified atom stereocenters. The molecule has 3 aromatic rings. The molecule has 2 aromatic carbocycles. The van der Waals surface area contributed by atoms with Crippen LogP contribution >= 0.6 is 0 Å². The number of anilines is 1. The molecule has 7 nitrogen and oxygen atoms in total. The summed E-state index contributed by atoms with van der Waals surface area (Å²) in [6.45, 7) is 0. The van der Waals surface area contributed by atoms with Gasteiger partial charge in [-0.3, -0.25) is 4.79 Å².